The van der Waals surface area contributed by atoms with Gasteiger partial charge in [0.1, 0.15) is 17.1 Å². The van der Waals surface area contributed by atoms with Gasteiger partial charge in [-0.2, -0.15) is 0 Å². The maximum Gasteiger partial charge on any atom is 0.257 e. The molecule has 4 rings (SSSR count). The molecule has 27 heavy (non-hydrogen) atoms. The van der Waals surface area contributed by atoms with Crippen molar-refractivity contribution in [1.29, 1.82) is 0 Å². The van der Waals surface area contributed by atoms with Gasteiger partial charge in [-0.15, -0.1) is 0 Å². The summed E-state index contributed by atoms with van der Waals surface area (Å²) in [7, 11) is 0. The van der Waals surface area contributed by atoms with Gasteiger partial charge in [0, 0.05) is 0 Å². The molecule has 1 unspecified atom stereocenters. The van der Waals surface area contributed by atoms with Gasteiger partial charge in [0.05, 0.1) is 22.8 Å². The molecule has 0 radical (unpaired) electrons. The molecule has 6 nitrogen and oxygen atoms in total. The molecule has 0 aliphatic rings. The van der Waals surface area contributed by atoms with Crippen LogP contribution in [0.15, 0.2) is 59.1 Å². The predicted octanol–water partition coefficient (Wildman–Crippen LogP) is 3.88. The van der Waals surface area contributed by atoms with Crippen molar-refractivity contribution in [2.75, 3.05) is 0 Å². The maximum atomic E-state index is 12.9. The molecule has 0 bridgehead atoms. The lowest BCUT2D eigenvalue weighted by Gasteiger charge is -2.17. The Bertz CT molecular complexity index is 1030. The Morgan fingerprint density at radius 2 is 1.85 bits per heavy atom. The third-order valence-electron chi connectivity index (χ3n) is 4.59. The number of benzene rings is 2. The van der Waals surface area contributed by atoms with Crippen molar-refractivity contribution in [3.63, 3.8) is 0 Å². The number of aromatic nitrogens is 3. The minimum Gasteiger partial charge on any atom is -0.361 e. The van der Waals surface area contributed by atoms with Crippen LogP contribution in [0.2, 0.25) is 0 Å². The highest BCUT2D eigenvalue weighted by atomic mass is 16.5. The summed E-state index contributed by atoms with van der Waals surface area (Å²) in [4.78, 5) is 20.9. The van der Waals surface area contributed by atoms with E-state index in [4.69, 9.17) is 4.52 Å². The van der Waals surface area contributed by atoms with E-state index in [1.807, 2.05) is 54.6 Å². The Balaban J connectivity index is 1.68. The van der Waals surface area contributed by atoms with Crippen molar-refractivity contribution in [2.24, 2.45) is 0 Å². The quantitative estimate of drug-likeness (QED) is 0.566. The Labute approximate surface area is 156 Å². The second kappa shape index (κ2) is 7.07. The predicted molar refractivity (Wildman–Crippen MR) is 102 cm³/mol. The van der Waals surface area contributed by atoms with E-state index in [0.717, 1.165) is 22.4 Å². The molecule has 0 aliphatic heterocycles. The number of hydrogen-bond donors (Lipinski definition) is 2. The number of aromatic amines is 1. The number of carbonyl (C=O) groups excluding carboxylic acids is 1. The number of fused-ring (bicyclic) bond motifs is 1. The second-order valence-corrected chi connectivity index (χ2v) is 6.55. The average Bonchev–Trinajstić information content (AvgIpc) is 3.25. The summed E-state index contributed by atoms with van der Waals surface area (Å²) in [6.45, 7) is 3.50. The topological polar surface area (TPSA) is 83.8 Å². The summed E-state index contributed by atoms with van der Waals surface area (Å²) in [6, 6.07) is 17.5. The van der Waals surface area contributed by atoms with Crippen molar-refractivity contribution in [3.8, 4) is 0 Å². The standard InChI is InChI=1S/C21H20N4O2/c1-13-19(14(2)27-25-13)21(26)24-18(12-15-8-4-3-5-9-15)20-22-16-10-6-7-11-17(16)23-20/h3-11,18H,12H2,1-2H3,(H,22,23)(H,24,26). The van der Waals surface area contributed by atoms with Crippen LogP contribution in [-0.4, -0.2) is 21.0 Å². The lowest BCUT2D eigenvalue weighted by Crippen LogP contribution is -2.31. The minimum absolute atomic E-state index is 0.215. The van der Waals surface area contributed by atoms with Crippen LogP contribution in [0, 0.1) is 13.8 Å². The molecule has 0 aliphatic carbocycles. The van der Waals surface area contributed by atoms with Gasteiger partial charge in [-0.1, -0.05) is 47.6 Å². The fourth-order valence-electron chi connectivity index (χ4n) is 3.24. The molecule has 2 N–H and O–H groups in total. The van der Waals surface area contributed by atoms with Gasteiger partial charge in [-0.05, 0) is 38.0 Å². The summed E-state index contributed by atoms with van der Waals surface area (Å²) < 4.78 is 5.14. The van der Waals surface area contributed by atoms with Crippen LogP contribution >= 0.6 is 0 Å². The van der Waals surface area contributed by atoms with Crippen LogP contribution in [0.4, 0.5) is 0 Å². The third-order valence-corrected chi connectivity index (χ3v) is 4.59. The van der Waals surface area contributed by atoms with E-state index >= 15 is 0 Å². The van der Waals surface area contributed by atoms with Crippen molar-refractivity contribution < 1.29 is 9.32 Å². The molecule has 6 heteroatoms. The van der Waals surface area contributed by atoms with Crippen LogP contribution in [-0.2, 0) is 6.42 Å². The number of amides is 1. The van der Waals surface area contributed by atoms with Crippen LogP contribution in [0.25, 0.3) is 11.0 Å². The van der Waals surface area contributed by atoms with E-state index in [1.54, 1.807) is 13.8 Å². The van der Waals surface area contributed by atoms with Gasteiger partial charge in [0.15, 0.2) is 0 Å². The SMILES string of the molecule is Cc1noc(C)c1C(=O)NC(Cc1ccccc1)c1nc2ccccc2[nH]1. The molecule has 0 saturated heterocycles. The maximum absolute atomic E-state index is 12.9. The van der Waals surface area contributed by atoms with E-state index < -0.39 is 0 Å². The van der Waals surface area contributed by atoms with Crippen molar-refractivity contribution in [3.05, 3.63) is 83.0 Å². The smallest absolute Gasteiger partial charge is 0.257 e. The van der Waals surface area contributed by atoms with Crippen molar-refractivity contribution >= 4 is 16.9 Å². The van der Waals surface area contributed by atoms with Gasteiger partial charge in [0.25, 0.3) is 5.91 Å². The van der Waals surface area contributed by atoms with Gasteiger partial charge < -0.3 is 14.8 Å². The van der Waals surface area contributed by atoms with E-state index in [-0.39, 0.29) is 11.9 Å². The fraction of sp³-hybridized carbons (Fsp3) is 0.190. The first-order chi connectivity index (χ1) is 13.1. The van der Waals surface area contributed by atoms with Gasteiger partial charge >= 0.3 is 0 Å². The van der Waals surface area contributed by atoms with E-state index in [9.17, 15) is 4.79 Å². The number of nitrogens with one attached hydrogen (secondary N) is 2. The number of hydrogen-bond acceptors (Lipinski definition) is 4. The highest BCUT2D eigenvalue weighted by Gasteiger charge is 2.24. The lowest BCUT2D eigenvalue weighted by molar-refractivity contribution is 0.0933. The molecule has 1 amide bonds. The summed E-state index contributed by atoms with van der Waals surface area (Å²) in [5.74, 6) is 1.01. The fourth-order valence-corrected chi connectivity index (χ4v) is 3.24. The van der Waals surface area contributed by atoms with Gasteiger partial charge in [-0.25, -0.2) is 4.98 Å². The zero-order valence-corrected chi connectivity index (χ0v) is 15.2. The molecular formula is C21H20N4O2. The Kier molecular flexibility index (Phi) is 4.46. The molecule has 0 fully saturated rings. The second-order valence-electron chi connectivity index (χ2n) is 6.55. The highest BCUT2D eigenvalue weighted by molar-refractivity contribution is 5.96. The monoisotopic (exact) mass is 360 g/mol. The molecule has 2 aromatic heterocycles. The average molecular weight is 360 g/mol. The Hall–Kier alpha value is -3.41. The number of carbonyl (C=O) groups is 1. The first-order valence-corrected chi connectivity index (χ1v) is 8.84. The number of H-pyrrole nitrogens is 1. The van der Waals surface area contributed by atoms with Crippen LogP contribution in [0.1, 0.15) is 39.2 Å². The molecule has 136 valence electrons. The largest absolute Gasteiger partial charge is 0.361 e. The first-order valence-electron chi connectivity index (χ1n) is 8.84. The van der Waals surface area contributed by atoms with E-state index in [1.165, 1.54) is 0 Å². The number of rotatable bonds is 5. The number of aryl methyl sites for hydroxylation is 2. The molecule has 0 saturated carbocycles. The molecule has 2 aromatic carbocycles. The molecule has 0 spiro atoms. The summed E-state index contributed by atoms with van der Waals surface area (Å²) in [5.41, 5.74) is 3.98. The van der Waals surface area contributed by atoms with E-state index in [0.29, 0.717) is 23.4 Å². The summed E-state index contributed by atoms with van der Waals surface area (Å²) in [6.07, 6.45) is 0.621. The Morgan fingerprint density at radius 3 is 2.56 bits per heavy atom. The molecular weight excluding hydrogens is 340 g/mol. The highest BCUT2D eigenvalue weighted by Crippen LogP contribution is 2.21. The third kappa shape index (κ3) is 3.46. The number of imidazole rings is 1. The lowest BCUT2D eigenvalue weighted by atomic mass is 10.0. The number of nitrogens with zero attached hydrogens (tertiary/aromatic N) is 2. The molecule has 4 aromatic rings. The van der Waals surface area contributed by atoms with Crippen LogP contribution < -0.4 is 5.32 Å². The van der Waals surface area contributed by atoms with Crippen molar-refractivity contribution in [1.82, 2.24) is 20.4 Å². The number of para-hydroxylation sites is 2. The summed E-state index contributed by atoms with van der Waals surface area (Å²) >= 11 is 0. The minimum atomic E-state index is -0.305. The molecule has 2 heterocycles. The van der Waals surface area contributed by atoms with Gasteiger partial charge in [-0.3, -0.25) is 4.79 Å². The van der Waals surface area contributed by atoms with Crippen molar-refractivity contribution in [2.45, 2.75) is 26.3 Å². The zero-order chi connectivity index (χ0) is 18.8. The van der Waals surface area contributed by atoms with Crippen LogP contribution in [0.3, 0.4) is 0 Å². The molecule has 1 atom stereocenters. The first kappa shape index (κ1) is 17.0. The van der Waals surface area contributed by atoms with Gasteiger partial charge in [0.2, 0.25) is 0 Å². The van der Waals surface area contributed by atoms with Crippen LogP contribution in [0.5, 0.6) is 0 Å². The Morgan fingerprint density at radius 1 is 1.11 bits per heavy atom. The zero-order valence-electron chi connectivity index (χ0n) is 15.2. The van der Waals surface area contributed by atoms with E-state index in [2.05, 4.69) is 20.4 Å². The normalized spacial score (nSPS) is 12.2. The summed E-state index contributed by atoms with van der Waals surface area (Å²) in [5, 5.41) is 6.97.